The molecule has 1 heterocycles. The smallest absolute Gasteiger partial charge is 0.255 e. The number of hydrogen-bond acceptors (Lipinski definition) is 2. The zero-order chi connectivity index (χ0) is 11.9. The van der Waals surface area contributed by atoms with Gasteiger partial charge in [0.15, 0.2) is 0 Å². The molecule has 1 fully saturated rings. The van der Waals surface area contributed by atoms with Gasteiger partial charge in [0, 0.05) is 3.57 Å². The molecule has 1 aromatic carbocycles. The molecule has 5 heteroatoms. The molecular weight excluding hydrogens is 340 g/mol. The van der Waals surface area contributed by atoms with Crippen molar-refractivity contribution in [1.82, 2.24) is 4.90 Å². The van der Waals surface area contributed by atoms with E-state index in [0.29, 0.717) is 23.7 Å². The Hall–Kier alpha value is -0.330. The second-order valence-electron chi connectivity index (χ2n) is 4.28. The lowest BCUT2D eigenvalue weighted by molar-refractivity contribution is -0.0668. The summed E-state index contributed by atoms with van der Waals surface area (Å²) in [6, 6.07) is 5.33. The highest BCUT2D eigenvalue weighted by Gasteiger charge is 2.40. The zero-order valence-electron chi connectivity index (χ0n) is 8.70. The molecule has 0 spiro atoms. The third kappa shape index (κ3) is 2.33. The maximum absolute atomic E-state index is 12.0. The molecule has 1 amide bonds. The first-order valence-electron chi connectivity index (χ1n) is 4.86. The topological polar surface area (TPSA) is 40.5 Å². The number of likely N-dealkylation sites (tertiary alicyclic amines) is 1. The predicted molar refractivity (Wildman–Crippen MR) is 70.7 cm³/mol. The number of halogens is 2. The Morgan fingerprint density at radius 1 is 1.56 bits per heavy atom. The predicted octanol–water partition coefficient (Wildman–Crippen LogP) is 2.15. The van der Waals surface area contributed by atoms with E-state index in [0.717, 1.165) is 3.57 Å². The molecule has 1 saturated heterocycles. The maximum atomic E-state index is 12.0. The Kier molecular flexibility index (Phi) is 3.16. The van der Waals surface area contributed by atoms with E-state index in [9.17, 15) is 9.90 Å². The number of hydrogen-bond donors (Lipinski definition) is 1. The third-order valence-electron chi connectivity index (χ3n) is 2.51. The van der Waals surface area contributed by atoms with Gasteiger partial charge in [0.25, 0.3) is 5.91 Å². The second-order valence-corrected chi connectivity index (χ2v) is 5.94. The molecule has 0 atom stereocenters. The first-order chi connectivity index (χ1) is 7.39. The molecule has 2 rings (SSSR count). The molecule has 1 aliphatic rings. The van der Waals surface area contributed by atoms with Gasteiger partial charge in [0.05, 0.1) is 29.3 Å². The van der Waals surface area contributed by atoms with Crippen LogP contribution in [0, 0.1) is 3.57 Å². The molecule has 86 valence electrons. The van der Waals surface area contributed by atoms with Crippen molar-refractivity contribution in [2.45, 2.75) is 12.5 Å². The van der Waals surface area contributed by atoms with E-state index in [-0.39, 0.29) is 5.91 Å². The van der Waals surface area contributed by atoms with Crippen molar-refractivity contribution in [1.29, 1.82) is 0 Å². The third-order valence-corrected chi connectivity index (χ3v) is 3.51. The van der Waals surface area contributed by atoms with E-state index in [1.54, 1.807) is 24.0 Å². The maximum Gasteiger partial charge on any atom is 0.255 e. The average Bonchev–Trinajstić information content (AvgIpc) is 2.17. The summed E-state index contributed by atoms with van der Waals surface area (Å²) in [5.74, 6) is -0.116. The largest absolute Gasteiger partial charge is 0.386 e. The molecule has 0 saturated carbocycles. The number of aliphatic hydroxyl groups is 1. The molecule has 16 heavy (non-hydrogen) atoms. The minimum atomic E-state index is -0.746. The summed E-state index contributed by atoms with van der Waals surface area (Å²) >= 11 is 8.11. The quantitative estimate of drug-likeness (QED) is 0.788. The first kappa shape index (κ1) is 12.1. The van der Waals surface area contributed by atoms with Crippen LogP contribution in [-0.4, -0.2) is 34.6 Å². The Labute approximate surface area is 113 Å². The number of rotatable bonds is 1. The van der Waals surface area contributed by atoms with Crippen LogP contribution < -0.4 is 0 Å². The summed E-state index contributed by atoms with van der Waals surface area (Å²) < 4.78 is 0.970. The molecule has 0 radical (unpaired) electrons. The van der Waals surface area contributed by atoms with E-state index < -0.39 is 5.60 Å². The first-order valence-corrected chi connectivity index (χ1v) is 6.31. The Bertz CT molecular complexity index is 440. The van der Waals surface area contributed by atoms with Crippen LogP contribution in [0.25, 0.3) is 0 Å². The van der Waals surface area contributed by atoms with Gasteiger partial charge in [0.2, 0.25) is 0 Å². The van der Waals surface area contributed by atoms with Gasteiger partial charge in [-0.1, -0.05) is 11.6 Å². The lowest BCUT2D eigenvalue weighted by Crippen LogP contribution is -2.61. The number of amides is 1. The Morgan fingerprint density at radius 2 is 2.19 bits per heavy atom. The lowest BCUT2D eigenvalue weighted by Gasteiger charge is -2.44. The van der Waals surface area contributed by atoms with E-state index in [1.165, 1.54) is 0 Å². The van der Waals surface area contributed by atoms with Gasteiger partial charge in [-0.05, 0) is 47.7 Å². The van der Waals surface area contributed by atoms with Crippen molar-refractivity contribution in [3.63, 3.8) is 0 Å². The molecule has 0 aromatic heterocycles. The SMILES string of the molecule is CC1(O)CN(C(=O)c2cc(I)ccc2Cl)C1. The fourth-order valence-electron chi connectivity index (χ4n) is 1.75. The van der Waals surface area contributed by atoms with E-state index >= 15 is 0 Å². The highest BCUT2D eigenvalue weighted by molar-refractivity contribution is 14.1. The van der Waals surface area contributed by atoms with Gasteiger partial charge < -0.3 is 10.0 Å². The summed E-state index contributed by atoms with van der Waals surface area (Å²) in [5.41, 5.74) is -0.242. The van der Waals surface area contributed by atoms with Crippen LogP contribution in [0.15, 0.2) is 18.2 Å². The number of nitrogens with zero attached hydrogens (tertiary/aromatic N) is 1. The van der Waals surface area contributed by atoms with Crippen LogP contribution in [0.2, 0.25) is 5.02 Å². The molecular formula is C11H11ClINO2. The van der Waals surface area contributed by atoms with E-state index in [1.807, 2.05) is 6.07 Å². The minimum absolute atomic E-state index is 0.116. The number of benzene rings is 1. The van der Waals surface area contributed by atoms with Gasteiger partial charge in [-0.3, -0.25) is 4.79 Å². The lowest BCUT2D eigenvalue weighted by atomic mass is 9.96. The highest BCUT2D eigenvalue weighted by atomic mass is 127. The summed E-state index contributed by atoms with van der Waals surface area (Å²) in [6.07, 6.45) is 0. The van der Waals surface area contributed by atoms with Crippen molar-refractivity contribution in [2.75, 3.05) is 13.1 Å². The summed E-state index contributed by atoms with van der Waals surface area (Å²) in [6.45, 7) is 2.45. The van der Waals surface area contributed by atoms with Crippen LogP contribution >= 0.6 is 34.2 Å². The van der Waals surface area contributed by atoms with Crippen molar-refractivity contribution >= 4 is 40.1 Å². The fourth-order valence-corrected chi connectivity index (χ4v) is 2.44. The Morgan fingerprint density at radius 3 is 2.75 bits per heavy atom. The minimum Gasteiger partial charge on any atom is -0.386 e. The standard InChI is InChI=1S/C11H11ClINO2/c1-11(16)5-14(6-11)10(15)8-4-7(13)2-3-9(8)12/h2-4,16H,5-6H2,1H3. The van der Waals surface area contributed by atoms with Gasteiger partial charge in [-0.15, -0.1) is 0 Å². The van der Waals surface area contributed by atoms with Crippen molar-refractivity contribution in [3.05, 3.63) is 32.4 Å². The van der Waals surface area contributed by atoms with Gasteiger partial charge in [-0.2, -0.15) is 0 Å². The number of β-amino-alcohol motifs (C(OH)–C–C–N with tert-alkyl or cyclic N) is 1. The summed E-state index contributed by atoms with van der Waals surface area (Å²) in [5, 5.41) is 10.0. The van der Waals surface area contributed by atoms with E-state index in [2.05, 4.69) is 22.6 Å². The van der Waals surface area contributed by atoms with Crippen LogP contribution in [-0.2, 0) is 0 Å². The van der Waals surface area contributed by atoms with Crippen molar-refractivity contribution < 1.29 is 9.90 Å². The number of carbonyl (C=O) groups is 1. The zero-order valence-corrected chi connectivity index (χ0v) is 11.6. The van der Waals surface area contributed by atoms with Gasteiger partial charge in [-0.25, -0.2) is 0 Å². The van der Waals surface area contributed by atoms with Crippen molar-refractivity contribution in [3.8, 4) is 0 Å². The van der Waals surface area contributed by atoms with Crippen LogP contribution in [0.1, 0.15) is 17.3 Å². The molecule has 1 aliphatic heterocycles. The monoisotopic (exact) mass is 351 g/mol. The average molecular weight is 352 g/mol. The molecule has 1 N–H and O–H groups in total. The molecule has 0 unspecified atom stereocenters. The second kappa shape index (κ2) is 4.16. The summed E-state index contributed by atoms with van der Waals surface area (Å²) in [4.78, 5) is 13.6. The number of carbonyl (C=O) groups excluding carboxylic acids is 1. The fraction of sp³-hybridized carbons (Fsp3) is 0.364. The van der Waals surface area contributed by atoms with Gasteiger partial charge >= 0.3 is 0 Å². The van der Waals surface area contributed by atoms with Crippen LogP contribution in [0.5, 0.6) is 0 Å². The molecule has 1 aromatic rings. The van der Waals surface area contributed by atoms with E-state index in [4.69, 9.17) is 11.6 Å². The molecule has 3 nitrogen and oxygen atoms in total. The normalized spacial score (nSPS) is 18.1. The van der Waals surface area contributed by atoms with Crippen LogP contribution in [0.3, 0.4) is 0 Å². The molecule has 0 bridgehead atoms. The van der Waals surface area contributed by atoms with Gasteiger partial charge in [0.1, 0.15) is 0 Å². The summed E-state index contributed by atoms with van der Waals surface area (Å²) in [7, 11) is 0. The molecule has 0 aliphatic carbocycles. The highest BCUT2D eigenvalue weighted by Crippen LogP contribution is 2.26. The Balaban J connectivity index is 2.19. The van der Waals surface area contributed by atoms with Crippen LogP contribution in [0.4, 0.5) is 0 Å². The van der Waals surface area contributed by atoms with Crippen molar-refractivity contribution in [2.24, 2.45) is 0 Å².